The summed E-state index contributed by atoms with van der Waals surface area (Å²) in [6, 6.07) is 6.02. The molecule has 0 fully saturated rings. The van der Waals surface area contributed by atoms with Crippen LogP contribution >= 0.6 is 0 Å². The zero-order valence-electron chi connectivity index (χ0n) is 15.0. The maximum absolute atomic E-state index is 12.0. The largest absolute Gasteiger partial charge is 0.494 e. The number of halogens is 3. The van der Waals surface area contributed by atoms with Crippen molar-refractivity contribution in [3.8, 4) is 5.75 Å². The smallest absolute Gasteiger partial charge is 0.389 e. The third-order valence-electron chi connectivity index (χ3n) is 4.06. The molecule has 0 saturated heterocycles. The number of ether oxygens (including phenoxy) is 1. The molecule has 0 spiro atoms. The molecule has 0 aliphatic rings. The monoisotopic (exact) mass is 390 g/mol. The van der Waals surface area contributed by atoms with Crippen molar-refractivity contribution in [3.63, 3.8) is 0 Å². The lowest BCUT2D eigenvalue weighted by atomic mass is 9.99. The minimum Gasteiger partial charge on any atom is -0.494 e. The van der Waals surface area contributed by atoms with Crippen LogP contribution in [-0.4, -0.2) is 34.9 Å². The first kappa shape index (κ1) is 22.8. The molecule has 5 nitrogen and oxygen atoms in total. The predicted octanol–water partition coefficient (Wildman–Crippen LogP) is 5.00. The lowest BCUT2D eigenvalue weighted by Crippen LogP contribution is -2.21. The van der Waals surface area contributed by atoms with Gasteiger partial charge in [-0.2, -0.15) is 13.2 Å². The Morgan fingerprint density at radius 1 is 0.926 bits per heavy atom. The third kappa shape index (κ3) is 9.86. The van der Waals surface area contributed by atoms with E-state index in [-0.39, 0.29) is 12.0 Å². The highest BCUT2D eigenvalue weighted by Crippen LogP contribution is 2.24. The first-order valence-electron chi connectivity index (χ1n) is 8.96. The average Bonchev–Trinajstić information content (AvgIpc) is 2.55. The second-order valence-corrected chi connectivity index (χ2v) is 6.37. The SMILES string of the molecule is O=C(O)C(C(=O)O)c1cccc(OCCCCCCCCCC(F)(F)F)c1. The number of rotatable bonds is 13. The second kappa shape index (κ2) is 11.5. The summed E-state index contributed by atoms with van der Waals surface area (Å²) in [6.45, 7) is 0.405. The van der Waals surface area contributed by atoms with Crippen molar-refractivity contribution < 1.29 is 37.7 Å². The summed E-state index contributed by atoms with van der Waals surface area (Å²) in [5.74, 6) is -4.09. The molecule has 27 heavy (non-hydrogen) atoms. The van der Waals surface area contributed by atoms with Crippen LogP contribution in [0.25, 0.3) is 0 Å². The number of hydrogen-bond donors (Lipinski definition) is 2. The molecule has 1 rings (SSSR count). The molecule has 8 heteroatoms. The van der Waals surface area contributed by atoms with Crippen molar-refractivity contribution in [1.82, 2.24) is 0 Å². The first-order valence-corrected chi connectivity index (χ1v) is 8.96. The van der Waals surface area contributed by atoms with Crippen LogP contribution in [0.4, 0.5) is 13.2 Å². The Morgan fingerprint density at radius 3 is 2.04 bits per heavy atom. The highest BCUT2D eigenvalue weighted by molar-refractivity contribution is 5.99. The molecular formula is C19H25F3O5. The molecule has 0 radical (unpaired) electrons. The van der Waals surface area contributed by atoms with E-state index in [1.807, 2.05) is 0 Å². The van der Waals surface area contributed by atoms with Crippen molar-refractivity contribution in [2.75, 3.05) is 6.61 Å². The van der Waals surface area contributed by atoms with Gasteiger partial charge in [0, 0.05) is 6.42 Å². The number of alkyl halides is 3. The number of carbonyl (C=O) groups is 2. The standard InChI is InChI=1S/C19H25F3O5/c20-19(21,22)11-6-4-2-1-3-5-7-12-27-15-10-8-9-14(13-15)16(17(23)24)18(25)26/h8-10,13,16H,1-7,11-12H2,(H,23,24)(H,25,26). The number of unbranched alkanes of at least 4 members (excludes halogenated alkanes) is 6. The van der Waals surface area contributed by atoms with Crippen LogP contribution in [0.5, 0.6) is 5.75 Å². The van der Waals surface area contributed by atoms with Crippen LogP contribution < -0.4 is 4.74 Å². The number of aliphatic carboxylic acids is 2. The Hall–Kier alpha value is -2.25. The Morgan fingerprint density at radius 2 is 1.48 bits per heavy atom. The van der Waals surface area contributed by atoms with E-state index in [4.69, 9.17) is 14.9 Å². The molecule has 0 bridgehead atoms. The molecule has 0 aliphatic carbocycles. The Balaban J connectivity index is 2.21. The second-order valence-electron chi connectivity index (χ2n) is 6.37. The molecule has 0 saturated carbocycles. The van der Waals surface area contributed by atoms with Crippen LogP contribution in [0.2, 0.25) is 0 Å². The molecule has 1 aromatic rings. The minimum atomic E-state index is -4.07. The van der Waals surface area contributed by atoms with Crippen molar-refractivity contribution in [2.24, 2.45) is 0 Å². The van der Waals surface area contributed by atoms with Gasteiger partial charge in [-0.05, 0) is 30.5 Å². The van der Waals surface area contributed by atoms with Gasteiger partial charge in [0.2, 0.25) is 0 Å². The zero-order valence-corrected chi connectivity index (χ0v) is 15.0. The summed E-state index contributed by atoms with van der Waals surface area (Å²) in [4.78, 5) is 22.1. The predicted molar refractivity (Wildman–Crippen MR) is 92.9 cm³/mol. The Labute approximate surface area is 156 Å². The third-order valence-corrected chi connectivity index (χ3v) is 4.06. The van der Waals surface area contributed by atoms with E-state index in [2.05, 4.69) is 0 Å². The molecule has 1 aromatic carbocycles. The number of carboxylic acid groups (broad SMARTS) is 2. The first-order chi connectivity index (χ1) is 12.7. The summed E-state index contributed by atoms with van der Waals surface area (Å²) in [5, 5.41) is 18.0. The topological polar surface area (TPSA) is 83.8 Å². The summed E-state index contributed by atoms with van der Waals surface area (Å²) < 4.78 is 41.5. The number of benzene rings is 1. The van der Waals surface area contributed by atoms with Crippen molar-refractivity contribution in [3.05, 3.63) is 29.8 Å². The summed E-state index contributed by atoms with van der Waals surface area (Å²) >= 11 is 0. The number of carboxylic acids is 2. The highest BCUT2D eigenvalue weighted by atomic mass is 19.4. The van der Waals surface area contributed by atoms with Crippen LogP contribution in [-0.2, 0) is 9.59 Å². The van der Waals surface area contributed by atoms with Gasteiger partial charge >= 0.3 is 18.1 Å². The normalized spacial score (nSPS) is 11.6. The van der Waals surface area contributed by atoms with Gasteiger partial charge in [-0.15, -0.1) is 0 Å². The Kier molecular flexibility index (Phi) is 9.67. The molecule has 0 atom stereocenters. The fraction of sp³-hybridized carbons (Fsp3) is 0.579. The van der Waals surface area contributed by atoms with Crippen LogP contribution in [0.3, 0.4) is 0 Å². The average molecular weight is 390 g/mol. The van der Waals surface area contributed by atoms with E-state index >= 15 is 0 Å². The van der Waals surface area contributed by atoms with Gasteiger partial charge in [-0.3, -0.25) is 9.59 Å². The van der Waals surface area contributed by atoms with Crippen LogP contribution in [0.15, 0.2) is 24.3 Å². The van der Waals surface area contributed by atoms with Gasteiger partial charge in [-0.25, -0.2) is 0 Å². The van der Waals surface area contributed by atoms with Crippen LogP contribution in [0.1, 0.15) is 62.8 Å². The summed E-state index contributed by atoms with van der Waals surface area (Å²) in [7, 11) is 0. The van der Waals surface area contributed by atoms with Gasteiger partial charge in [-0.1, -0.05) is 44.2 Å². The van der Waals surface area contributed by atoms with Gasteiger partial charge in [0.1, 0.15) is 5.75 Å². The lowest BCUT2D eigenvalue weighted by molar-refractivity contribution is -0.150. The summed E-state index contributed by atoms with van der Waals surface area (Å²) in [5.41, 5.74) is 0.145. The van der Waals surface area contributed by atoms with Crippen molar-refractivity contribution in [2.45, 2.75) is 63.5 Å². The van der Waals surface area contributed by atoms with Gasteiger partial charge < -0.3 is 14.9 Å². The summed E-state index contributed by atoms with van der Waals surface area (Å²) in [6.07, 6.45) is 0.189. The fourth-order valence-corrected chi connectivity index (χ4v) is 2.68. The van der Waals surface area contributed by atoms with E-state index < -0.39 is 30.5 Å². The molecular weight excluding hydrogens is 365 g/mol. The van der Waals surface area contributed by atoms with Gasteiger partial charge in [0.25, 0.3) is 0 Å². The van der Waals surface area contributed by atoms with E-state index in [1.54, 1.807) is 12.1 Å². The van der Waals surface area contributed by atoms with Crippen molar-refractivity contribution in [1.29, 1.82) is 0 Å². The van der Waals surface area contributed by atoms with Gasteiger partial charge in [0.15, 0.2) is 5.92 Å². The maximum Gasteiger partial charge on any atom is 0.389 e. The highest BCUT2D eigenvalue weighted by Gasteiger charge is 2.28. The number of hydrogen-bond acceptors (Lipinski definition) is 3. The van der Waals surface area contributed by atoms with E-state index in [0.717, 1.165) is 32.1 Å². The molecule has 2 N–H and O–H groups in total. The molecule has 152 valence electrons. The van der Waals surface area contributed by atoms with Crippen molar-refractivity contribution >= 4 is 11.9 Å². The van der Waals surface area contributed by atoms with Crippen LogP contribution in [0, 0.1) is 0 Å². The molecule has 0 heterocycles. The minimum absolute atomic E-state index is 0.145. The fourth-order valence-electron chi connectivity index (χ4n) is 2.68. The quantitative estimate of drug-likeness (QED) is 0.366. The molecule has 0 aromatic heterocycles. The lowest BCUT2D eigenvalue weighted by Gasteiger charge is -2.11. The Bertz CT molecular complexity index is 587. The van der Waals surface area contributed by atoms with E-state index in [0.29, 0.717) is 18.8 Å². The molecule has 0 unspecified atom stereocenters. The van der Waals surface area contributed by atoms with E-state index in [9.17, 15) is 22.8 Å². The molecule has 0 aliphatic heterocycles. The maximum atomic E-state index is 12.0. The van der Waals surface area contributed by atoms with Gasteiger partial charge in [0.05, 0.1) is 6.61 Å². The molecule has 0 amide bonds. The van der Waals surface area contributed by atoms with E-state index in [1.165, 1.54) is 12.1 Å². The zero-order chi connectivity index (χ0) is 20.3.